The molecule has 4 nitrogen and oxygen atoms in total. The first-order valence-electron chi connectivity index (χ1n) is 6.42. The molecule has 1 heterocycles. The van der Waals surface area contributed by atoms with Gasteiger partial charge in [-0.25, -0.2) is 4.79 Å². The van der Waals surface area contributed by atoms with E-state index in [1.165, 1.54) is 0 Å². The Morgan fingerprint density at radius 2 is 1.81 bits per heavy atom. The van der Waals surface area contributed by atoms with Crippen LogP contribution in [-0.4, -0.2) is 17.0 Å². The van der Waals surface area contributed by atoms with Crippen LogP contribution in [0.1, 0.15) is 17.2 Å². The Bertz CT molecular complexity index is 853. The molecule has 6 heteroatoms. The number of rotatable bonds is 3. The van der Waals surface area contributed by atoms with Crippen molar-refractivity contribution in [1.29, 1.82) is 0 Å². The van der Waals surface area contributed by atoms with E-state index in [1.54, 1.807) is 0 Å². The number of halogens is 2. The number of hydrogen-bond donors (Lipinski definition) is 3. The number of imidazole rings is 1. The molecule has 2 aromatic carbocycles. The molecular formula is C15H13Br2N3O. The Labute approximate surface area is 138 Å². The molecule has 0 spiro atoms. The lowest BCUT2D eigenvalue weighted by Gasteiger charge is -2.19. The summed E-state index contributed by atoms with van der Waals surface area (Å²) in [6, 6.07) is 12.1. The second-order valence-electron chi connectivity index (χ2n) is 4.78. The van der Waals surface area contributed by atoms with Gasteiger partial charge < -0.3 is 15.3 Å². The SMILES string of the molecule is CNC(c1cccc(Br)c1)c1cc2[nH]c(=O)[nH]c2cc1Br. The van der Waals surface area contributed by atoms with Crippen LogP contribution in [0.15, 0.2) is 50.1 Å². The molecule has 0 radical (unpaired) electrons. The Morgan fingerprint density at radius 1 is 1.10 bits per heavy atom. The van der Waals surface area contributed by atoms with Crippen molar-refractivity contribution >= 4 is 42.9 Å². The van der Waals surface area contributed by atoms with E-state index >= 15 is 0 Å². The van der Waals surface area contributed by atoms with Gasteiger partial charge in [-0.1, -0.05) is 44.0 Å². The summed E-state index contributed by atoms with van der Waals surface area (Å²) in [6.45, 7) is 0. The third kappa shape index (κ3) is 2.84. The largest absolute Gasteiger partial charge is 0.323 e. The van der Waals surface area contributed by atoms with Crippen molar-refractivity contribution in [2.24, 2.45) is 0 Å². The van der Waals surface area contributed by atoms with Gasteiger partial charge in [0.25, 0.3) is 0 Å². The Kier molecular flexibility index (Phi) is 4.01. The molecule has 3 rings (SSSR count). The van der Waals surface area contributed by atoms with Gasteiger partial charge in [0.1, 0.15) is 0 Å². The molecule has 0 aliphatic carbocycles. The summed E-state index contributed by atoms with van der Waals surface area (Å²) in [7, 11) is 1.92. The number of aromatic nitrogens is 2. The maximum absolute atomic E-state index is 11.4. The fourth-order valence-electron chi connectivity index (χ4n) is 2.48. The first-order valence-corrected chi connectivity index (χ1v) is 8.01. The van der Waals surface area contributed by atoms with Crippen LogP contribution >= 0.6 is 31.9 Å². The molecule has 3 aromatic rings. The minimum Gasteiger partial charge on any atom is -0.309 e. The molecule has 1 unspecified atom stereocenters. The number of nitrogens with one attached hydrogen (secondary N) is 3. The van der Waals surface area contributed by atoms with Crippen LogP contribution in [-0.2, 0) is 0 Å². The minimum atomic E-state index is -0.197. The number of aromatic amines is 2. The highest BCUT2D eigenvalue weighted by molar-refractivity contribution is 9.10. The number of hydrogen-bond acceptors (Lipinski definition) is 2. The summed E-state index contributed by atoms with van der Waals surface area (Å²) in [5.74, 6) is 0. The van der Waals surface area contributed by atoms with Crippen LogP contribution in [0.3, 0.4) is 0 Å². The van der Waals surface area contributed by atoms with E-state index in [4.69, 9.17) is 0 Å². The van der Waals surface area contributed by atoms with Gasteiger partial charge in [-0.2, -0.15) is 0 Å². The second-order valence-corrected chi connectivity index (χ2v) is 6.55. The maximum Gasteiger partial charge on any atom is 0.323 e. The van der Waals surface area contributed by atoms with E-state index in [9.17, 15) is 4.79 Å². The predicted octanol–water partition coefficient (Wildman–Crippen LogP) is 3.69. The molecular weight excluding hydrogens is 398 g/mol. The average Bonchev–Trinajstić information content (AvgIpc) is 2.79. The van der Waals surface area contributed by atoms with Gasteiger partial charge in [-0.3, -0.25) is 0 Å². The van der Waals surface area contributed by atoms with Gasteiger partial charge in [0.05, 0.1) is 17.1 Å². The van der Waals surface area contributed by atoms with Crippen LogP contribution in [0.25, 0.3) is 11.0 Å². The monoisotopic (exact) mass is 409 g/mol. The standard InChI is InChI=1S/C15H13Br2N3O/c1-18-14(8-3-2-4-9(16)5-8)10-6-12-13(7-11(10)17)20-15(21)19-12/h2-7,14,18H,1H3,(H2,19,20,21). The van der Waals surface area contributed by atoms with Gasteiger partial charge >= 0.3 is 5.69 Å². The van der Waals surface area contributed by atoms with Crippen molar-refractivity contribution in [2.45, 2.75) is 6.04 Å². The molecule has 0 amide bonds. The normalized spacial score (nSPS) is 12.7. The molecule has 0 aliphatic heterocycles. The predicted molar refractivity (Wildman–Crippen MR) is 91.7 cm³/mol. The summed E-state index contributed by atoms with van der Waals surface area (Å²) in [5, 5.41) is 3.32. The second kappa shape index (κ2) is 5.79. The van der Waals surface area contributed by atoms with Gasteiger partial charge in [0.2, 0.25) is 0 Å². The molecule has 1 atom stereocenters. The molecule has 3 N–H and O–H groups in total. The van der Waals surface area contributed by atoms with Crippen molar-refractivity contribution in [3.05, 3.63) is 67.0 Å². The summed E-state index contributed by atoms with van der Waals surface area (Å²) < 4.78 is 1.98. The van der Waals surface area contributed by atoms with Crippen LogP contribution in [0.4, 0.5) is 0 Å². The highest BCUT2D eigenvalue weighted by Crippen LogP contribution is 2.31. The topological polar surface area (TPSA) is 60.7 Å². The number of H-pyrrole nitrogens is 2. The van der Waals surface area contributed by atoms with E-state index in [0.29, 0.717) is 0 Å². The number of benzene rings is 2. The lowest BCUT2D eigenvalue weighted by molar-refractivity contribution is 0.689. The smallest absolute Gasteiger partial charge is 0.309 e. The first kappa shape index (κ1) is 14.6. The van der Waals surface area contributed by atoms with Gasteiger partial charge in [0, 0.05) is 8.95 Å². The average molecular weight is 411 g/mol. The van der Waals surface area contributed by atoms with E-state index in [-0.39, 0.29) is 11.7 Å². The Hall–Kier alpha value is -1.37. The third-order valence-corrected chi connectivity index (χ3v) is 4.59. The fourth-order valence-corrected chi connectivity index (χ4v) is 3.47. The zero-order valence-electron chi connectivity index (χ0n) is 11.2. The van der Waals surface area contributed by atoms with E-state index in [1.807, 2.05) is 31.3 Å². The molecule has 0 fully saturated rings. The lowest BCUT2D eigenvalue weighted by Crippen LogP contribution is -2.18. The van der Waals surface area contributed by atoms with Crippen molar-refractivity contribution in [3.8, 4) is 0 Å². The highest BCUT2D eigenvalue weighted by Gasteiger charge is 2.17. The van der Waals surface area contributed by atoms with E-state index in [0.717, 1.165) is 31.1 Å². The Morgan fingerprint density at radius 3 is 2.48 bits per heavy atom. The fraction of sp³-hybridized carbons (Fsp3) is 0.133. The van der Waals surface area contributed by atoms with Crippen molar-refractivity contribution in [3.63, 3.8) is 0 Å². The lowest BCUT2D eigenvalue weighted by atomic mass is 9.98. The maximum atomic E-state index is 11.4. The summed E-state index contributed by atoms with van der Waals surface area (Å²) in [6.07, 6.45) is 0. The molecule has 0 saturated carbocycles. The molecule has 21 heavy (non-hydrogen) atoms. The Balaban J connectivity index is 2.16. The first-order chi connectivity index (χ1) is 10.1. The minimum absolute atomic E-state index is 0.0275. The van der Waals surface area contributed by atoms with Crippen LogP contribution in [0, 0.1) is 0 Å². The zero-order chi connectivity index (χ0) is 15.0. The van der Waals surface area contributed by atoms with Gasteiger partial charge in [0.15, 0.2) is 0 Å². The highest BCUT2D eigenvalue weighted by atomic mass is 79.9. The summed E-state index contributed by atoms with van der Waals surface area (Å²) in [4.78, 5) is 17.0. The molecule has 1 aromatic heterocycles. The van der Waals surface area contributed by atoms with E-state index in [2.05, 4.69) is 59.3 Å². The van der Waals surface area contributed by atoms with Crippen LogP contribution < -0.4 is 11.0 Å². The quantitative estimate of drug-likeness (QED) is 0.616. The summed E-state index contributed by atoms with van der Waals surface area (Å²) >= 11 is 7.10. The van der Waals surface area contributed by atoms with Crippen molar-refractivity contribution < 1.29 is 0 Å². The molecule has 0 bridgehead atoms. The van der Waals surface area contributed by atoms with Crippen LogP contribution in [0.5, 0.6) is 0 Å². The van der Waals surface area contributed by atoms with Gasteiger partial charge in [-0.15, -0.1) is 0 Å². The summed E-state index contributed by atoms with van der Waals surface area (Å²) in [5.41, 5.74) is 3.61. The molecule has 108 valence electrons. The number of fused-ring (bicyclic) bond motifs is 1. The van der Waals surface area contributed by atoms with Gasteiger partial charge in [-0.05, 0) is 42.4 Å². The molecule has 0 saturated heterocycles. The van der Waals surface area contributed by atoms with Crippen LogP contribution in [0.2, 0.25) is 0 Å². The van der Waals surface area contributed by atoms with Crippen molar-refractivity contribution in [2.75, 3.05) is 7.05 Å². The van der Waals surface area contributed by atoms with E-state index < -0.39 is 0 Å². The third-order valence-electron chi connectivity index (χ3n) is 3.41. The zero-order valence-corrected chi connectivity index (χ0v) is 14.4. The van der Waals surface area contributed by atoms with Crippen molar-refractivity contribution in [1.82, 2.24) is 15.3 Å². The molecule has 0 aliphatic rings.